The zero-order chi connectivity index (χ0) is 18.2. The lowest BCUT2D eigenvalue weighted by Crippen LogP contribution is -2.32. The third kappa shape index (κ3) is 4.64. The minimum atomic E-state index is -0.460. The summed E-state index contributed by atoms with van der Waals surface area (Å²) in [5.41, 5.74) is 0.453. The molecule has 1 unspecified atom stereocenters. The maximum absolute atomic E-state index is 12.3. The summed E-state index contributed by atoms with van der Waals surface area (Å²) in [6, 6.07) is 5.24. The van der Waals surface area contributed by atoms with Crippen molar-refractivity contribution in [3.05, 3.63) is 23.3 Å². The lowest BCUT2D eigenvalue weighted by atomic mass is 10.1. The second-order valence-corrected chi connectivity index (χ2v) is 5.46. The van der Waals surface area contributed by atoms with Crippen molar-refractivity contribution in [2.24, 2.45) is 0 Å². The third-order valence-corrected chi connectivity index (χ3v) is 3.92. The van der Waals surface area contributed by atoms with Gasteiger partial charge in [0.2, 0.25) is 0 Å². The molecule has 1 N–H and O–H groups in total. The average Bonchev–Trinajstić information content (AvgIpc) is 3.17. The number of benzene rings is 1. The Labute approximate surface area is 147 Å². The van der Waals surface area contributed by atoms with E-state index in [1.54, 1.807) is 12.1 Å². The first kappa shape index (κ1) is 18.6. The van der Waals surface area contributed by atoms with Gasteiger partial charge in [0.05, 0.1) is 33.0 Å². The van der Waals surface area contributed by atoms with Crippen LogP contribution in [0.25, 0.3) is 6.08 Å². The molecule has 0 saturated carbocycles. The van der Waals surface area contributed by atoms with Gasteiger partial charge in [0.15, 0.2) is 0 Å². The second kappa shape index (κ2) is 8.94. The van der Waals surface area contributed by atoms with E-state index in [1.807, 2.05) is 6.07 Å². The molecule has 1 aromatic rings. The Bertz CT molecular complexity index is 662. The molecular formula is C18H22N2O5. The fraction of sp³-hybridized carbons (Fsp3) is 0.444. The topological polar surface area (TPSA) is 89.8 Å². The molecule has 0 spiro atoms. The lowest BCUT2D eigenvalue weighted by molar-refractivity contribution is -0.117. The van der Waals surface area contributed by atoms with Crippen LogP contribution in [0.15, 0.2) is 17.7 Å². The van der Waals surface area contributed by atoms with E-state index < -0.39 is 5.91 Å². The van der Waals surface area contributed by atoms with Crippen LogP contribution in [0.4, 0.5) is 0 Å². The number of ether oxygens (including phenoxy) is 4. The number of methoxy groups -OCH3 is 3. The second-order valence-electron chi connectivity index (χ2n) is 5.46. The molecule has 0 radical (unpaired) electrons. The first-order valence-corrected chi connectivity index (χ1v) is 7.94. The van der Waals surface area contributed by atoms with E-state index in [2.05, 4.69) is 5.32 Å². The number of carbonyl (C=O) groups excluding carboxylic acids is 1. The smallest absolute Gasteiger partial charge is 0.262 e. The van der Waals surface area contributed by atoms with Crippen molar-refractivity contribution in [3.8, 4) is 23.3 Å². The van der Waals surface area contributed by atoms with Crippen molar-refractivity contribution in [1.82, 2.24) is 5.32 Å². The summed E-state index contributed by atoms with van der Waals surface area (Å²) in [5.74, 6) is 0.969. The van der Waals surface area contributed by atoms with Crippen molar-refractivity contribution in [1.29, 1.82) is 5.26 Å². The van der Waals surface area contributed by atoms with Crippen molar-refractivity contribution in [2.75, 3.05) is 34.5 Å². The van der Waals surface area contributed by atoms with Gasteiger partial charge >= 0.3 is 0 Å². The van der Waals surface area contributed by atoms with Crippen LogP contribution in [0.5, 0.6) is 17.2 Å². The zero-order valence-corrected chi connectivity index (χ0v) is 14.6. The van der Waals surface area contributed by atoms with E-state index in [-0.39, 0.29) is 11.7 Å². The molecule has 1 fully saturated rings. The Hall–Kier alpha value is -2.72. The quantitative estimate of drug-likeness (QED) is 0.599. The van der Waals surface area contributed by atoms with Crippen molar-refractivity contribution in [2.45, 2.75) is 18.9 Å². The molecule has 0 bridgehead atoms. The van der Waals surface area contributed by atoms with E-state index in [0.29, 0.717) is 36.0 Å². The van der Waals surface area contributed by atoms with Crippen molar-refractivity contribution < 1.29 is 23.7 Å². The Balaban J connectivity index is 2.25. The molecule has 1 saturated heterocycles. The zero-order valence-electron chi connectivity index (χ0n) is 14.6. The SMILES string of the molecule is COc1cc(OC)c(C=C(C#N)C(=O)NCC2CCCO2)c(OC)c1. The van der Waals surface area contributed by atoms with Gasteiger partial charge in [0, 0.05) is 25.3 Å². The molecule has 134 valence electrons. The molecule has 1 aliphatic heterocycles. The van der Waals surface area contributed by atoms with Crippen molar-refractivity contribution in [3.63, 3.8) is 0 Å². The molecule has 7 nitrogen and oxygen atoms in total. The van der Waals surface area contributed by atoms with Crippen LogP contribution in [-0.2, 0) is 9.53 Å². The number of rotatable bonds is 7. The Kier molecular flexibility index (Phi) is 6.66. The molecule has 0 aromatic heterocycles. The number of nitriles is 1. The van der Waals surface area contributed by atoms with Crippen molar-refractivity contribution >= 4 is 12.0 Å². The van der Waals surface area contributed by atoms with Gasteiger partial charge in [-0.05, 0) is 18.9 Å². The molecule has 0 aliphatic carbocycles. The van der Waals surface area contributed by atoms with E-state index in [4.69, 9.17) is 18.9 Å². The summed E-state index contributed by atoms with van der Waals surface area (Å²) < 4.78 is 21.3. The Morgan fingerprint density at radius 2 is 2.00 bits per heavy atom. The van der Waals surface area contributed by atoms with Crippen LogP contribution >= 0.6 is 0 Å². The van der Waals surface area contributed by atoms with Gasteiger partial charge in [-0.3, -0.25) is 4.79 Å². The number of nitrogens with one attached hydrogen (secondary N) is 1. The highest BCUT2D eigenvalue weighted by Gasteiger charge is 2.19. The standard InChI is InChI=1S/C18H22N2O5/c1-22-14-8-16(23-2)15(17(9-14)24-3)7-12(10-19)18(21)20-11-13-5-4-6-25-13/h7-9,13H,4-6,11H2,1-3H3,(H,20,21). The highest BCUT2D eigenvalue weighted by Crippen LogP contribution is 2.35. The van der Waals surface area contributed by atoms with Gasteiger partial charge in [0.25, 0.3) is 5.91 Å². The summed E-state index contributed by atoms with van der Waals surface area (Å²) >= 11 is 0. The predicted octanol–water partition coefficient (Wildman–Crippen LogP) is 1.91. The first-order chi connectivity index (χ1) is 12.1. The van der Waals surface area contributed by atoms with Gasteiger partial charge in [-0.25, -0.2) is 0 Å². The Morgan fingerprint density at radius 3 is 2.48 bits per heavy atom. The summed E-state index contributed by atoms with van der Waals surface area (Å²) in [7, 11) is 4.52. The highest BCUT2D eigenvalue weighted by atomic mass is 16.5. The first-order valence-electron chi connectivity index (χ1n) is 7.94. The number of nitrogens with zero attached hydrogens (tertiary/aromatic N) is 1. The minimum Gasteiger partial charge on any atom is -0.496 e. The van der Waals surface area contributed by atoms with E-state index in [9.17, 15) is 10.1 Å². The maximum atomic E-state index is 12.3. The van der Waals surface area contributed by atoms with Gasteiger partial charge in [-0.2, -0.15) is 5.26 Å². The normalized spacial score (nSPS) is 16.9. The monoisotopic (exact) mass is 346 g/mol. The molecule has 1 aromatic carbocycles. The van der Waals surface area contributed by atoms with Crippen LogP contribution in [0.2, 0.25) is 0 Å². The molecule has 2 rings (SSSR count). The highest BCUT2D eigenvalue weighted by molar-refractivity contribution is 6.02. The molecule has 7 heteroatoms. The van der Waals surface area contributed by atoms with Gasteiger partial charge in [-0.1, -0.05) is 0 Å². The molecule has 1 heterocycles. The summed E-state index contributed by atoms with van der Waals surface area (Å²) in [4.78, 5) is 12.3. The summed E-state index contributed by atoms with van der Waals surface area (Å²) in [6.45, 7) is 1.09. The molecule has 1 atom stereocenters. The van der Waals surface area contributed by atoms with Crippen LogP contribution in [0, 0.1) is 11.3 Å². The largest absolute Gasteiger partial charge is 0.496 e. The maximum Gasteiger partial charge on any atom is 0.262 e. The summed E-state index contributed by atoms with van der Waals surface area (Å²) in [6.07, 6.45) is 3.35. The van der Waals surface area contributed by atoms with Crippen LogP contribution in [0.3, 0.4) is 0 Å². The number of carbonyl (C=O) groups is 1. The average molecular weight is 346 g/mol. The Morgan fingerprint density at radius 1 is 1.32 bits per heavy atom. The van der Waals surface area contributed by atoms with E-state index >= 15 is 0 Å². The number of hydrogen-bond donors (Lipinski definition) is 1. The molecule has 1 aliphatic rings. The van der Waals surface area contributed by atoms with Crippen LogP contribution in [0.1, 0.15) is 18.4 Å². The minimum absolute atomic E-state index is 0.00829. The fourth-order valence-electron chi connectivity index (χ4n) is 2.57. The fourth-order valence-corrected chi connectivity index (χ4v) is 2.57. The number of amides is 1. The van der Waals surface area contributed by atoms with Gasteiger partial charge in [0.1, 0.15) is 28.9 Å². The van der Waals surface area contributed by atoms with Gasteiger partial charge in [-0.15, -0.1) is 0 Å². The van der Waals surface area contributed by atoms with Crippen LogP contribution < -0.4 is 19.5 Å². The summed E-state index contributed by atoms with van der Waals surface area (Å²) in [5, 5.41) is 12.1. The van der Waals surface area contributed by atoms with Gasteiger partial charge < -0.3 is 24.3 Å². The third-order valence-electron chi connectivity index (χ3n) is 3.92. The predicted molar refractivity (Wildman–Crippen MR) is 91.7 cm³/mol. The molecule has 25 heavy (non-hydrogen) atoms. The van der Waals surface area contributed by atoms with E-state index in [1.165, 1.54) is 27.4 Å². The molecule has 1 amide bonds. The van der Waals surface area contributed by atoms with Crippen LogP contribution in [-0.4, -0.2) is 46.5 Å². The molecular weight excluding hydrogens is 324 g/mol. The number of hydrogen-bond acceptors (Lipinski definition) is 6. The van der Waals surface area contributed by atoms with E-state index in [0.717, 1.165) is 12.8 Å². The lowest BCUT2D eigenvalue weighted by Gasteiger charge is -2.13.